The summed E-state index contributed by atoms with van der Waals surface area (Å²) in [5.74, 6) is 1.93. The Morgan fingerprint density at radius 2 is 1.81 bits per heavy atom. The Hall–Kier alpha value is -3.45. The smallest absolute Gasteiger partial charge is 0.341 e. The van der Waals surface area contributed by atoms with Gasteiger partial charge in [0, 0.05) is 28.8 Å². The number of hydrogen-bond donors (Lipinski definition) is 1. The fraction of sp³-hybridized carbons (Fsp3) is 0.200. The van der Waals surface area contributed by atoms with Crippen LogP contribution >= 0.6 is 11.8 Å². The lowest BCUT2D eigenvalue weighted by Gasteiger charge is -2.14. The van der Waals surface area contributed by atoms with Gasteiger partial charge in [0.2, 0.25) is 0 Å². The van der Waals surface area contributed by atoms with E-state index in [4.69, 9.17) is 19.6 Å². The number of carbonyl (C=O) groups is 1. The van der Waals surface area contributed by atoms with Gasteiger partial charge in [-0.2, -0.15) is 0 Å². The maximum absolute atomic E-state index is 10.8. The lowest BCUT2D eigenvalue weighted by molar-refractivity contribution is -0.139. The van der Waals surface area contributed by atoms with E-state index in [9.17, 15) is 4.79 Å². The summed E-state index contributed by atoms with van der Waals surface area (Å²) in [6, 6.07) is 22.1. The molecule has 4 rings (SSSR count). The van der Waals surface area contributed by atoms with Crippen molar-refractivity contribution >= 4 is 28.8 Å². The molecule has 0 amide bonds. The average molecular weight is 449 g/mol. The molecule has 1 aromatic heterocycles. The third-order valence-electron chi connectivity index (χ3n) is 5.07. The molecule has 7 heteroatoms. The molecule has 0 aliphatic carbocycles. The Morgan fingerprint density at radius 1 is 1.06 bits per heavy atom. The number of ether oxygens (including phenoxy) is 2. The first-order chi connectivity index (χ1) is 15.6. The second-order valence-corrected chi connectivity index (χ2v) is 8.38. The van der Waals surface area contributed by atoms with Crippen molar-refractivity contribution in [3.8, 4) is 22.9 Å². The summed E-state index contributed by atoms with van der Waals surface area (Å²) in [4.78, 5) is 16.7. The van der Waals surface area contributed by atoms with Gasteiger partial charge in [-0.25, -0.2) is 9.78 Å². The van der Waals surface area contributed by atoms with Crippen LogP contribution in [0.15, 0.2) is 71.6 Å². The van der Waals surface area contributed by atoms with Crippen LogP contribution in [-0.2, 0) is 11.3 Å². The van der Waals surface area contributed by atoms with Crippen LogP contribution in [0.5, 0.6) is 11.5 Å². The van der Waals surface area contributed by atoms with Gasteiger partial charge >= 0.3 is 5.97 Å². The molecular formula is C25H24N2O4S. The molecule has 0 saturated heterocycles. The number of thioether (sulfide) groups is 1. The lowest BCUT2D eigenvalue weighted by Crippen LogP contribution is -2.10. The minimum atomic E-state index is -1.01. The predicted molar refractivity (Wildman–Crippen MR) is 127 cm³/mol. The Bertz CT molecular complexity index is 1240. The number of aliphatic carboxylic acids is 1. The van der Waals surface area contributed by atoms with E-state index >= 15 is 0 Å². The molecule has 0 radical (unpaired) electrons. The number of benzene rings is 3. The van der Waals surface area contributed by atoms with Crippen LogP contribution in [-0.4, -0.2) is 40.1 Å². The standard InChI is InChI=1S/C25H24N2O4S/c1-17-14-23(22(30-2)15-21(17)31-16-24(28)29)32-13-12-27-20-11-7-6-10-19(20)26-25(27)18-8-4-3-5-9-18/h3-11,14-15H,12-13,16H2,1-2H3,(H,28,29). The summed E-state index contributed by atoms with van der Waals surface area (Å²) in [5.41, 5.74) is 4.03. The number of imidazole rings is 1. The quantitative estimate of drug-likeness (QED) is 0.351. The molecular weight excluding hydrogens is 424 g/mol. The highest BCUT2D eigenvalue weighted by atomic mass is 32.2. The van der Waals surface area contributed by atoms with Gasteiger partial charge in [0.05, 0.1) is 18.1 Å². The van der Waals surface area contributed by atoms with E-state index in [1.54, 1.807) is 24.9 Å². The molecule has 4 aromatic rings. The van der Waals surface area contributed by atoms with Gasteiger partial charge in [-0.3, -0.25) is 0 Å². The highest BCUT2D eigenvalue weighted by Gasteiger charge is 2.14. The van der Waals surface area contributed by atoms with Gasteiger partial charge < -0.3 is 19.1 Å². The first-order valence-electron chi connectivity index (χ1n) is 10.2. The summed E-state index contributed by atoms with van der Waals surface area (Å²) in [6.45, 7) is 2.29. The number of fused-ring (bicyclic) bond motifs is 1. The minimum Gasteiger partial charge on any atom is -0.495 e. The van der Waals surface area contributed by atoms with Gasteiger partial charge in [-0.1, -0.05) is 42.5 Å². The molecule has 0 fully saturated rings. The van der Waals surface area contributed by atoms with Gasteiger partial charge in [-0.05, 0) is 30.7 Å². The van der Waals surface area contributed by atoms with Crippen LogP contribution in [0.4, 0.5) is 0 Å². The fourth-order valence-electron chi connectivity index (χ4n) is 3.57. The molecule has 0 unspecified atom stereocenters. The SMILES string of the molecule is COc1cc(OCC(=O)O)c(C)cc1SCCn1c(-c2ccccc2)nc2ccccc21. The summed E-state index contributed by atoms with van der Waals surface area (Å²) in [5, 5.41) is 8.87. The topological polar surface area (TPSA) is 73.6 Å². The third kappa shape index (κ3) is 4.73. The average Bonchev–Trinajstić information content (AvgIpc) is 3.17. The Morgan fingerprint density at radius 3 is 2.56 bits per heavy atom. The number of carboxylic acid groups (broad SMARTS) is 1. The van der Waals surface area contributed by atoms with Crippen molar-refractivity contribution in [2.45, 2.75) is 18.4 Å². The second-order valence-electron chi connectivity index (χ2n) is 7.24. The zero-order chi connectivity index (χ0) is 22.5. The Kier molecular flexibility index (Phi) is 6.66. The van der Waals surface area contributed by atoms with Crippen molar-refractivity contribution in [2.24, 2.45) is 0 Å². The number of aromatic nitrogens is 2. The van der Waals surface area contributed by atoms with Gasteiger partial charge in [0.15, 0.2) is 6.61 Å². The van der Waals surface area contributed by atoms with E-state index in [0.29, 0.717) is 11.5 Å². The van der Waals surface area contributed by atoms with Crippen molar-refractivity contribution in [1.82, 2.24) is 9.55 Å². The van der Waals surface area contributed by atoms with Crippen molar-refractivity contribution in [3.05, 3.63) is 72.3 Å². The maximum Gasteiger partial charge on any atom is 0.341 e. The first-order valence-corrected chi connectivity index (χ1v) is 11.2. The number of carboxylic acids is 1. The Labute approximate surface area is 190 Å². The zero-order valence-electron chi connectivity index (χ0n) is 17.9. The van der Waals surface area contributed by atoms with E-state index in [1.807, 2.05) is 49.4 Å². The van der Waals surface area contributed by atoms with Crippen LogP contribution < -0.4 is 9.47 Å². The zero-order valence-corrected chi connectivity index (χ0v) is 18.8. The molecule has 0 atom stereocenters. The van der Waals surface area contributed by atoms with Gasteiger partial charge in [0.25, 0.3) is 0 Å². The van der Waals surface area contributed by atoms with Crippen molar-refractivity contribution < 1.29 is 19.4 Å². The molecule has 0 aliphatic heterocycles. The van der Waals surface area contributed by atoms with Crippen molar-refractivity contribution in [2.75, 3.05) is 19.5 Å². The molecule has 1 N–H and O–H groups in total. The number of aryl methyl sites for hydroxylation is 2. The number of methoxy groups -OCH3 is 1. The summed E-state index contributed by atoms with van der Waals surface area (Å²) >= 11 is 1.68. The van der Waals surface area contributed by atoms with Crippen molar-refractivity contribution in [1.29, 1.82) is 0 Å². The van der Waals surface area contributed by atoms with Crippen LogP contribution in [0.25, 0.3) is 22.4 Å². The number of rotatable bonds is 9. The molecule has 0 bridgehead atoms. The maximum atomic E-state index is 10.8. The molecule has 32 heavy (non-hydrogen) atoms. The first kappa shape index (κ1) is 21.8. The van der Waals surface area contributed by atoms with E-state index in [-0.39, 0.29) is 6.61 Å². The summed E-state index contributed by atoms with van der Waals surface area (Å²) in [6.07, 6.45) is 0. The van der Waals surface area contributed by atoms with Gasteiger partial charge in [0.1, 0.15) is 17.3 Å². The molecule has 0 aliphatic rings. The van der Waals surface area contributed by atoms with E-state index in [2.05, 4.69) is 22.8 Å². The molecule has 3 aromatic carbocycles. The van der Waals surface area contributed by atoms with Crippen LogP contribution in [0.1, 0.15) is 5.56 Å². The fourth-order valence-corrected chi connectivity index (χ4v) is 4.60. The monoisotopic (exact) mass is 448 g/mol. The summed E-state index contributed by atoms with van der Waals surface area (Å²) < 4.78 is 13.2. The van der Waals surface area contributed by atoms with E-state index < -0.39 is 5.97 Å². The normalized spacial score (nSPS) is 10.9. The van der Waals surface area contributed by atoms with Crippen LogP contribution in [0.2, 0.25) is 0 Å². The third-order valence-corrected chi connectivity index (χ3v) is 6.09. The van der Waals surface area contributed by atoms with Gasteiger partial charge in [-0.15, -0.1) is 11.8 Å². The summed E-state index contributed by atoms with van der Waals surface area (Å²) in [7, 11) is 1.60. The molecule has 164 valence electrons. The predicted octanol–water partition coefficient (Wildman–Crippen LogP) is 5.28. The minimum absolute atomic E-state index is 0.382. The molecule has 6 nitrogen and oxygen atoms in total. The van der Waals surface area contributed by atoms with Crippen molar-refractivity contribution in [3.63, 3.8) is 0 Å². The molecule has 0 spiro atoms. The highest BCUT2D eigenvalue weighted by Crippen LogP contribution is 2.36. The number of nitrogens with zero attached hydrogens (tertiary/aromatic N) is 2. The molecule has 0 saturated carbocycles. The second kappa shape index (κ2) is 9.78. The highest BCUT2D eigenvalue weighted by molar-refractivity contribution is 7.99. The van der Waals surface area contributed by atoms with E-state index in [0.717, 1.165) is 45.2 Å². The largest absolute Gasteiger partial charge is 0.495 e. The number of hydrogen-bond acceptors (Lipinski definition) is 5. The Balaban J connectivity index is 1.56. The molecule has 1 heterocycles. The van der Waals surface area contributed by atoms with E-state index in [1.165, 1.54) is 0 Å². The van der Waals surface area contributed by atoms with Crippen LogP contribution in [0.3, 0.4) is 0 Å². The van der Waals surface area contributed by atoms with Crippen LogP contribution in [0, 0.1) is 6.92 Å². The lowest BCUT2D eigenvalue weighted by atomic mass is 10.2. The number of para-hydroxylation sites is 2.